The molecule has 0 saturated carbocycles. The van der Waals surface area contributed by atoms with Gasteiger partial charge in [-0.1, -0.05) is 29.8 Å². The lowest BCUT2D eigenvalue weighted by atomic mass is 10.1. The predicted molar refractivity (Wildman–Crippen MR) is 105 cm³/mol. The summed E-state index contributed by atoms with van der Waals surface area (Å²) < 4.78 is 13.8. The van der Waals surface area contributed by atoms with Gasteiger partial charge >= 0.3 is 0 Å². The van der Waals surface area contributed by atoms with E-state index in [2.05, 4.69) is 40.8 Å². The van der Waals surface area contributed by atoms with E-state index in [0.717, 1.165) is 43.6 Å². The lowest BCUT2D eigenvalue weighted by Gasteiger charge is -2.27. The van der Waals surface area contributed by atoms with Crippen molar-refractivity contribution in [3.8, 4) is 5.75 Å². The first kappa shape index (κ1) is 17.4. The first-order valence-corrected chi connectivity index (χ1v) is 9.34. The van der Waals surface area contributed by atoms with Gasteiger partial charge < -0.3 is 14.0 Å². The van der Waals surface area contributed by atoms with E-state index >= 15 is 0 Å². The average Bonchev–Trinajstić information content (AvgIpc) is 2.94. The maximum Gasteiger partial charge on any atom is 0.129 e. The summed E-state index contributed by atoms with van der Waals surface area (Å²) in [7, 11) is 2.12. The Bertz CT molecular complexity index is 883. The Morgan fingerprint density at radius 2 is 1.77 bits per heavy atom. The van der Waals surface area contributed by atoms with Gasteiger partial charge in [0.2, 0.25) is 0 Å². The summed E-state index contributed by atoms with van der Waals surface area (Å²) in [6.45, 7) is 5.01. The molecule has 4 rings (SSSR count). The van der Waals surface area contributed by atoms with E-state index in [1.165, 1.54) is 22.2 Å². The Morgan fingerprint density at radius 1 is 1.04 bits per heavy atom. The Labute approximate surface area is 158 Å². The second kappa shape index (κ2) is 7.70. The van der Waals surface area contributed by atoms with E-state index in [9.17, 15) is 0 Å². The molecule has 2 aromatic carbocycles. The van der Waals surface area contributed by atoms with Crippen molar-refractivity contribution in [2.45, 2.75) is 13.2 Å². The van der Waals surface area contributed by atoms with Crippen molar-refractivity contribution in [1.82, 2.24) is 9.47 Å². The third-order valence-electron chi connectivity index (χ3n) is 5.02. The molecule has 5 heteroatoms. The fraction of sp³-hybridized carbons (Fsp3) is 0.333. The van der Waals surface area contributed by atoms with Crippen LogP contribution in [-0.4, -0.2) is 35.8 Å². The van der Waals surface area contributed by atoms with Crippen molar-refractivity contribution < 1.29 is 9.47 Å². The molecule has 0 aliphatic carbocycles. The molecule has 0 N–H and O–H groups in total. The molecule has 1 aliphatic rings. The third-order valence-corrected chi connectivity index (χ3v) is 5.27. The first-order valence-electron chi connectivity index (χ1n) is 8.96. The van der Waals surface area contributed by atoms with Crippen LogP contribution in [0.5, 0.6) is 5.75 Å². The molecule has 0 radical (unpaired) electrons. The third kappa shape index (κ3) is 3.58. The second-order valence-electron chi connectivity index (χ2n) is 6.63. The molecule has 0 amide bonds. The molecule has 1 saturated heterocycles. The largest absolute Gasteiger partial charge is 0.487 e. The molecule has 3 aromatic rings. The Hall–Kier alpha value is -2.01. The number of hydrogen-bond acceptors (Lipinski definition) is 3. The van der Waals surface area contributed by atoms with Gasteiger partial charge in [0.1, 0.15) is 12.4 Å². The molecule has 0 atom stereocenters. The maximum atomic E-state index is 6.06. The van der Waals surface area contributed by atoms with Crippen LogP contribution in [0.4, 0.5) is 0 Å². The topological polar surface area (TPSA) is 26.6 Å². The highest BCUT2D eigenvalue weighted by Crippen LogP contribution is 2.28. The molecule has 1 aromatic heterocycles. The van der Waals surface area contributed by atoms with Gasteiger partial charge in [0, 0.05) is 42.6 Å². The zero-order valence-corrected chi connectivity index (χ0v) is 15.7. The number of rotatable bonds is 5. The lowest BCUT2D eigenvalue weighted by molar-refractivity contribution is 0.0341. The van der Waals surface area contributed by atoms with Gasteiger partial charge in [0.15, 0.2) is 0 Å². The molecule has 4 nitrogen and oxygen atoms in total. The molecular weight excluding hydrogens is 348 g/mol. The SMILES string of the molecule is Cn1c(COc2ccc(Cl)cc2)c(CN2CCOCC2)c2ccccc21. The predicted octanol–water partition coefficient (Wildman–Crippen LogP) is 4.24. The zero-order chi connectivity index (χ0) is 17.9. The molecule has 26 heavy (non-hydrogen) atoms. The maximum absolute atomic E-state index is 6.06. The first-order chi connectivity index (χ1) is 12.7. The summed E-state index contributed by atoms with van der Waals surface area (Å²) in [5.74, 6) is 0.831. The van der Waals surface area contributed by atoms with Crippen LogP contribution in [0.25, 0.3) is 10.9 Å². The van der Waals surface area contributed by atoms with Crippen molar-refractivity contribution in [2.24, 2.45) is 7.05 Å². The van der Waals surface area contributed by atoms with Crippen LogP contribution in [0, 0.1) is 0 Å². The quantitative estimate of drug-likeness (QED) is 0.672. The van der Waals surface area contributed by atoms with Crippen LogP contribution in [0.2, 0.25) is 5.02 Å². The number of fused-ring (bicyclic) bond motifs is 1. The second-order valence-corrected chi connectivity index (χ2v) is 7.07. The summed E-state index contributed by atoms with van der Waals surface area (Å²) in [6, 6.07) is 16.1. The number of ether oxygens (including phenoxy) is 2. The number of aryl methyl sites for hydroxylation is 1. The van der Waals surface area contributed by atoms with E-state index in [-0.39, 0.29) is 0 Å². The highest BCUT2D eigenvalue weighted by molar-refractivity contribution is 6.30. The number of aromatic nitrogens is 1. The van der Waals surface area contributed by atoms with E-state index in [1.807, 2.05) is 24.3 Å². The molecule has 0 bridgehead atoms. The van der Waals surface area contributed by atoms with Crippen molar-refractivity contribution in [2.75, 3.05) is 26.3 Å². The molecule has 136 valence electrons. The number of para-hydroxylation sites is 1. The molecule has 1 fully saturated rings. The summed E-state index contributed by atoms with van der Waals surface area (Å²) in [6.07, 6.45) is 0. The van der Waals surface area contributed by atoms with Gasteiger partial charge in [0.25, 0.3) is 0 Å². The van der Waals surface area contributed by atoms with Gasteiger partial charge in [-0.05, 0) is 35.9 Å². The molecule has 0 unspecified atom stereocenters. The fourth-order valence-corrected chi connectivity index (χ4v) is 3.68. The normalized spacial score (nSPS) is 15.5. The molecule has 2 heterocycles. The monoisotopic (exact) mass is 370 g/mol. The van der Waals surface area contributed by atoms with Crippen molar-refractivity contribution in [3.63, 3.8) is 0 Å². The summed E-state index contributed by atoms with van der Waals surface area (Å²) in [5.41, 5.74) is 3.80. The Balaban J connectivity index is 1.64. The van der Waals surface area contributed by atoms with Crippen LogP contribution in [-0.2, 0) is 24.9 Å². The summed E-state index contributed by atoms with van der Waals surface area (Å²) >= 11 is 5.97. The van der Waals surface area contributed by atoms with E-state index in [4.69, 9.17) is 21.1 Å². The number of morpholine rings is 1. The average molecular weight is 371 g/mol. The number of nitrogens with zero attached hydrogens (tertiary/aromatic N) is 2. The van der Waals surface area contributed by atoms with Crippen LogP contribution in [0.15, 0.2) is 48.5 Å². The molecule has 0 spiro atoms. The van der Waals surface area contributed by atoms with E-state index < -0.39 is 0 Å². The standard InChI is InChI=1S/C21H23ClN2O2/c1-23-20-5-3-2-4-18(20)19(14-24-10-12-25-13-11-24)21(23)15-26-17-8-6-16(22)7-9-17/h2-9H,10-15H2,1H3. The highest BCUT2D eigenvalue weighted by Gasteiger charge is 2.19. The Kier molecular flexibility index (Phi) is 5.16. The highest BCUT2D eigenvalue weighted by atomic mass is 35.5. The number of halogens is 1. The molecular formula is C21H23ClN2O2. The van der Waals surface area contributed by atoms with Crippen molar-refractivity contribution >= 4 is 22.5 Å². The zero-order valence-electron chi connectivity index (χ0n) is 15.0. The van der Waals surface area contributed by atoms with Gasteiger partial charge in [-0.25, -0.2) is 0 Å². The van der Waals surface area contributed by atoms with Gasteiger partial charge in [0.05, 0.1) is 18.9 Å². The minimum absolute atomic E-state index is 0.534. The fourth-order valence-electron chi connectivity index (χ4n) is 3.55. The van der Waals surface area contributed by atoms with E-state index in [0.29, 0.717) is 6.61 Å². The van der Waals surface area contributed by atoms with Crippen molar-refractivity contribution in [3.05, 3.63) is 64.8 Å². The minimum atomic E-state index is 0.534. The lowest BCUT2D eigenvalue weighted by Crippen LogP contribution is -2.35. The van der Waals surface area contributed by atoms with Crippen LogP contribution >= 0.6 is 11.6 Å². The van der Waals surface area contributed by atoms with Crippen LogP contribution in [0.1, 0.15) is 11.3 Å². The van der Waals surface area contributed by atoms with Crippen LogP contribution < -0.4 is 4.74 Å². The van der Waals surface area contributed by atoms with Gasteiger partial charge in [-0.15, -0.1) is 0 Å². The number of hydrogen-bond donors (Lipinski definition) is 0. The summed E-state index contributed by atoms with van der Waals surface area (Å²) in [4.78, 5) is 2.46. The summed E-state index contributed by atoms with van der Waals surface area (Å²) in [5, 5.41) is 2.02. The van der Waals surface area contributed by atoms with Gasteiger partial charge in [-0.3, -0.25) is 4.90 Å². The van der Waals surface area contributed by atoms with Crippen molar-refractivity contribution in [1.29, 1.82) is 0 Å². The van der Waals surface area contributed by atoms with Gasteiger partial charge in [-0.2, -0.15) is 0 Å². The van der Waals surface area contributed by atoms with E-state index in [1.54, 1.807) is 0 Å². The smallest absolute Gasteiger partial charge is 0.129 e. The molecule has 1 aliphatic heterocycles. The number of benzene rings is 2. The van der Waals surface area contributed by atoms with Crippen LogP contribution in [0.3, 0.4) is 0 Å². The minimum Gasteiger partial charge on any atom is -0.487 e. The Morgan fingerprint density at radius 3 is 2.54 bits per heavy atom.